The Labute approximate surface area is 125 Å². The van der Waals surface area contributed by atoms with Crippen LogP contribution in [0.1, 0.15) is 36.5 Å². The topological polar surface area (TPSA) is 55.2 Å². The first-order valence-corrected chi connectivity index (χ1v) is 7.05. The van der Waals surface area contributed by atoms with Gasteiger partial charge in [0.1, 0.15) is 0 Å². The van der Waals surface area contributed by atoms with E-state index in [1.807, 2.05) is 6.07 Å². The fraction of sp³-hybridized carbons (Fsp3) is 0.294. The highest BCUT2D eigenvalue weighted by Gasteiger charge is 2.10. The van der Waals surface area contributed by atoms with Gasteiger partial charge in [0.15, 0.2) is 0 Å². The van der Waals surface area contributed by atoms with E-state index in [0.29, 0.717) is 18.0 Å². The van der Waals surface area contributed by atoms with Crippen LogP contribution in [0, 0.1) is 17.0 Å². The lowest BCUT2D eigenvalue weighted by molar-refractivity contribution is -0.385. The van der Waals surface area contributed by atoms with E-state index < -0.39 is 0 Å². The van der Waals surface area contributed by atoms with E-state index in [4.69, 9.17) is 0 Å². The van der Waals surface area contributed by atoms with Gasteiger partial charge in [0, 0.05) is 23.9 Å². The maximum absolute atomic E-state index is 10.9. The molecular weight excluding hydrogens is 264 g/mol. The Balaban J connectivity index is 2.06. The van der Waals surface area contributed by atoms with E-state index in [-0.39, 0.29) is 10.6 Å². The van der Waals surface area contributed by atoms with Gasteiger partial charge in [-0.15, -0.1) is 0 Å². The molecule has 0 aliphatic heterocycles. The molecule has 0 aliphatic carbocycles. The van der Waals surface area contributed by atoms with Crippen molar-refractivity contribution in [3.05, 3.63) is 69.3 Å². The predicted octanol–water partition coefficient (Wildman–Crippen LogP) is 4.64. The standard InChI is InChI=1S/C17H20N2O2/c1-12(2)15-7-5-14(6-8-15)11-18-16-9-4-13(3)17(10-16)19(20)21/h4-10,12,18H,11H2,1-3H3. The van der Waals surface area contributed by atoms with E-state index in [0.717, 1.165) is 11.3 Å². The highest BCUT2D eigenvalue weighted by Crippen LogP contribution is 2.23. The van der Waals surface area contributed by atoms with Gasteiger partial charge in [-0.3, -0.25) is 10.1 Å². The molecule has 4 heteroatoms. The molecule has 110 valence electrons. The maximum atomic E-state index is 10.9. The fourth-order valence-corrected chi connectivity index (χ4v) is 2.14. The molecule has 0 bridgehead atoms. The smallest absolute Gasteiger partial charge is 0.274 e. The minimum atomic E-state index is -0.349. The summed E-state index contributed by atoms with van der Waals surface area (Å²) in [7, 11) is 0. The minimum Gasteiger partial charge on any atom is -0.381 e. The Morgan fingerprint density at radius 1 is 1.14 bits per heavy atom. The fourth-order valence-electron chi connectivity index (χ4n) is 2.14. The Hall–Kier alpha value is -2.36. The molecule has 4 nitrogen and oxygen atoms in total. The Bertz CT molecular complexity index is 634. The van der Waals surface area contributed by atoms with Crippen LogP contribution in [0.3, 0.4) is 0 Å². The molecule has 0 atom stereocenters. The zero-order chi connectivity index (χ0) is 15.4. The number of aryl methyl sites for hydroxylation is 1. The molecule has 1 N–H and O–H groups in total. The summed E-state index contributed by atoms with van der Waals surface area (Å²) < 4.78 is 0. The number of hydrogen-bond donors (Lipinski definition) is 1. The summed E-state index contributed by atoms with van der Waals surface area (Å²) in [5, 5.41) is 14.2. The molecule has 0 unspecified atom stereocenters. The van der Waals surface area contributed by atoms with Gasteiger partial charge in [0.2, 0.25) is 0 Å². The summed E-state index contributed by atoms with van der Waals surface area (Å²) in [6, 6.07) is 13.6. The highest BCUT2D eigenvalue weighted by molar-refractivity contribution is 5.55. The molecule has 0 fully saturated rings. The van der Waals surface area contributed by atoms with Crippen LogP contribution in [-0.4, -0.2) is 4.92 Å². The number of benzene rings is 2. The van der Waals surface area contributed by atoms with E-state index in [2.05, 4.69) is 43.4 Å². The van der Waals surface area contributed by atoms with E-state index in [1.54, 1.807) is 19.1 Å². The van der Waals surface area contributed by atoms with Crippen LogP contribution in [0.25, 0.3) is 0 Å². The first kappa shape index (κ1) is 15.0. The lowest BCUT2D eigenvalue weighted by atomic mass is 10.0. The number of nitro benzene ring substituents is 1. The molecular formula is C17H20N2O2. The molecule has 0 heterocycles. The average Bonchev–Trinajstić information content (AvgIpc) is 2.46. The quantitative estimate of drug-likeness (QED) is 0.643. The summed E-state index contributed by atoms with van der Waals surface area (Å²) in [4.78, 5) is 10.6. The maximum Gasteiger partial charge on any atom is 0.274 e. The van der Waals surface area contributed by atoms with E-state index in [9.17, 15) is 10.1 Å². The largest absolute Gasteiger partial charge is 0.381 e. The minimum absolute atomic E-state index is 0.148. The van der Waals surface area contributed by atoms with Gasteiger partial charge in [-0.25, -0.2) is 0 Å². The van der Waals surface area contributed by atoms with Crippen LogP contribution in [0.2, 0.25) is 0 Å². The second-order valence-electron chi connectivity index (χ2n) is 5.51. The number of rotatable bonds is 5. The summed E-state index contributed by atoms with van der Waals surface area (Å²) in [5.41, 5.74) is 4.05. The number of nitro groups is 1. The number of nitrogens with zero attached hydrogens (tertiary/aromatic N) is 1. The van der Waals surface area contributed by atoms with Crippen LogP contribution in [-0.2, 0) is 6.54 Å². The third-order valence-electron chi connectivity index (χ3n) is 3.55. The first-order chi connectivity index (χ1) is 9.97. The SMILES string of the molecule is Cc1ccc(NCc2ccc(C(C)C)cc2)cc1[N+](=O)[O-]. The number of anilines is 1. The van der Waals surface area contributed by atoms with Crippen molar-refractivity contribution < 1.29 is 4.92 Å². The molecule has 0 spiro atoms. The van der Waals surface area contributed by atoms with E-state index in [1.165, 1.54) is 5.56 Å². The molecule has 0 saturated carbocycles. The second-order valence-corrected chi connectivity index (χ2v) is 5.51. The molecule has 0 radical (unpaired) electrons. The van der Waals surface area contributed by atoms with Crippen molar-refractivity contribution in [2.24, 2.45) is 0 Å². The molecule has 0 aromatic heterocycles. The van der Waals surface area contributed by atoms with Crippen molar-refractivity contribution in [2.75, 3.05) is 5.32 Å². The zero-order valence-electron chi connectivity index (χ0n) is 12.6. The number of nitrogens with one attached hydrogen (secondary N) is 1. The lowest BCUT2D eigenvalue weighted by Gasteiger charge is -2.09. The van der Waals surface area contributed by atoms with Gasteiger partial charge in [-0.2, -0.15) is 0 Å². The van der Waals surface area contributed by atoms with Crippen molar-refractivity contribution in [2.45, 2.75) is 33.2 Å². The van der Waals surface area contributed by atoms with Gasteiger partial charge in [0.25, 0.3) is 5.69 Å². The molecule has 0 aliphatic rings. The monoisotopic (exact) mass is 284 g/mol. The zero-order valence-corrected chi connectivity index (χ0v) is 12.6. The molecule has 2 aromatic carbocycles. The summed E-state index contributed by atoms with van der Waals surface area (Å²) in [6.45, 7) is 6.72. The molecule has 0 amide bonds. The van der Waals surface area contributed by atoms with E-state index >= 15 is 0 Å². The predicted molar refractivity (Wildman–Crippen MR) is 85.7 cm³/mol. The highest BCUT2D eigenvalue weighted by atomic mass is 16.6. The van der Waals surface area contributed by atoms with Crippen molar-refractivity contribution in [3.63, 3.8) is 0 Å². The first-order valence-electron chi connectivity index (χ1n) is 7.05. The van der Waals surface area contributed by atoms with Crippen LogP contribution in [0.5, 0.6) is 0 Å². The van der Waals surface area contributed by atoms with Crippen LogP contribution < -0.4 is 5.32 Å². The summed E-state index contributed by atoms with van der Waals surface area (Å²) >= 11 is 0. The molecule has 2 aromatic rings. The normalized spacial score (nSPS) is 10.7. The van der Waals surface area contributed by atoms with Gasteiger partial charge < -0.3 is 5.32 Å². The van der Waals surface area contributed by atoms with Gasteiger partial charge in [-0.1, -0.05) is 44.2 Å². The summed E-state index contributed by atoms with van der Waals surface area (Å²) in [5.74, 6) is 0.520. The molecule has 21 heavy (non-hydrogen) atoms. The van der Waals surface area contributed by atoms with Gasteiger partial charge >= 0.3 is 0 Å². The van der Waals surface area contributed by atoms with Gasteiger partial charge in [-0.05, 0) is 30.0 Å². The average molecular weight is 284 g/mol. The lowest BCUT2D eigenvalue weighted by Crippen LogP contribution is -2.01. The van der Waals surface area contributed by atoms with Crippen molar-refractivity contribution in [3.8, 4) is 0 Å². The Morgan fingerprint density at radius 3 is 2.38 bits per heavy atom. The van der Waals surface area contributed by atoms with Crippen molar-refractivity contribution in [1.82, 2.24) is 0 Å². The summed E-state index contributed by atoms with van der Waals surface area (Å²) in [6.07, 6.45) is 0. The third kappa shape index (κ3) is 3.81. The molecule has 2 rings (SSSR count). The second kappa shape index (κ2) is 6.39. The van der Waals surface area contributed by atoms with Crippen molar-refractivity contribution in [1.29, 1.82) is 0 Å². The Kier molecular flexibility index (Phi) is 4.58. The van der Waals surface area contributed by atoms with Gasteiger partial charge in [0.05, 0.1) is 4.92 Å². The van der Waals surface area contributed by atoms with Crippen LogP contribution in [0.4, 0.5) is 11.4 Å². The molecule has 0 saturated heterocycles. The van der Waals surface area contributed by atoms with Crippen molar-refractivity contribution >= 4 is 11.4 Å². The number of hydrogen-bond acceptors (Lipinski definition) is 3. The van der Waals surface area contributed by atoms with Crippen LogP contribution >= 0.6 is 0 Å². The Morgan fingerprint density at radius 2 is 1.81 bits per heavy atom. The third-order valence-corrected chi connectivity index (χ3v) is 3.55. The van der Waals surface area contributed by atoms with Crippen LogP contribution in [0.15, 0.2) is 42.5 Å².